The fourth-order valence-electron chi connectivity index (χ4n) is 8.23. The number of cyclic esters (lactones) is 1. The number of carbonyl (C=O) groups is 3. The molecule has 2 amide bonds. The predicted octanol–water partition coefficient (Wildman–Crippen LogP) is 5.36. The standard InChI is InChI=1S/C43H36N4O8/c1-2-25-32-18-47-36(16-31-34(41(47)50)21-54-42(51)40(31)49)39(32)46-35-14-13-24-12-11-23(15-30(24)38(25)35)19-53-22-45-37(48)17-44-43(52)55-20-33-28-9-5-3-7-26(28)27-8-4-6-10-29(27)33/h3-16,33,40,49H,2,17-22H2,1H3,(H,44,52)(H,45,48). The van der Waals surface area contributed by atoms with Gasteiger partial charge in [-0.15, -0.1) is 0 Å². The molecule has 0 bridgehead atoms. The topological polar surface area (TPSA) is 158 Å². The first kappa shape index (κ1) is 34.4. The van der Waals surface area contributed by atoms with E-state index in [4.69, 9.17) is 19.2 Å². The summed E-state index contributed by atoms with van der Waals surface area (Å²) in [6.07, 6.45) is -1.50. The average Bonchev–Trinajstić information content (AvgIpc) is 3.74. The minimum absolute atomic E-state index is 0.0592. The fourth-order valence-corrected chi connectivity index (χ4v) is 8.23. The van der Waals surface area contributed by atoms with E-state index in [1.54, 1.807) is 10.6 Å². The maximum atomic E-state index is 13.5. The smallest absolute Gasteiger partial charge is 0.407 e. The SMILES string of the molecule is CCc1c2c(nc3ccc4ccc(COCNC(=O)CNC(=O)OCC5c6ccccc6-c6ccccc65)cc4c13)-c1cc3c(c(=O)n1C2)COC(=O)C3O. The van der Waals surface area contributed by atoms with E-state index in [1.165, 1.54) is 0 Å². The van der Waals surface area contributed by atoms with Crippen molar-refractivity contribution in [2.75, 3.05) is 19.9 Å². The quantitative estimate of drug-likeness (QED) is 0.0768. The number of nitrogens with one attached hydrogen (secondary N) is 2. The molecule has 0 fully saturated rings. The number of amides is 2. The monoisotopic (exact) mass is 736 g/mol. The van der Waals surface area contributed by atoms with E-state index in [0.29, 0.717) is 24.4 Å². The Kier molecular flexibility index (Phi) is 8.63. The molecular weight excluding hydrogens is 700 g/mol. The Labute approximate surface area is 314 Å². The summed E-state index contributed by atoms with van der Waals surface area (Å²) in [6, 6.07) is 27.9. The summed E-state index contributed by atoms with van der Waals surface area (Å²) >= 11 is 0. The number of hydrogen-bond donors (Lipinski definition) is 3. The number of ether oxygens (including phenoxy) is 3. The van der Waals surface area contributed by atoms with Crippen LogP contribution in [0.1, 0.15) is 57.9 Å². The van der Waals surface area contributed by atoms with E-state index in [-0.39, 0.29) is 55.7 Å². The summed E-state index contributed by atoms with van der Waals surface area (Å²) in [7, 11) is 0. The number of pyridine rings is 2. The fraction of sp³-hybridized carbons (Fsp3) is 0.233. The number of rotatable bonds is 9. The van der Waals surface area contributed by atoms with Crippen LogP contribution in [0.4, 0.5) is 4.79 Å². The van der Waals surface area contributed by atoms with E-state index in [1.807, 2.05) is 60.7 Å². The zero-order valence-corrected chi connectivity index (χ0v) is 29.9. The molecule has 4 heterocycles. The second-order valence-electron chi connectivity index (χ2n) is 13.9. The van der Waals surface area contributed by atoms with Crippen LogP contribution < -0.4 is 16.2 Å². The maximum absolute atomic E-state index is 13.5. The van der Waals surface area contributed by atoms with Crippen LogP contribution >= 0.6 is 0 Å². The lowest BCUT2D eigenvalue weighted by Gasteiger charge is -2.21. The Bertz CT molecular complexity index is 2610. The van der Waals surface area contributed by atoms with Crippen molar-refractivity contribution in [2.45, 2.75) is 45.1 Å². The van der Waals surface area contributed by atoms with Crippen molar-refractivity contribution in [3.8, 4) is 22.5 Å². The minimum Gasteiger partial charge on any atom is -0.458 e. The summed E-state index contributed by atoms with van der Waals surface area (Å²) in [5.41, 5.74) is 9.62. The highest BCUT2D eigenvalue weighted by molar-refractivity contribution is 6.09. The molecule has 6 aromatic rings. The highest BCUT2D eigenvalue weighted by Gasteiger charge is 2.35. The Hall–Kier alpha value is -6.37. The van der Waals surface area contributed by atoms with Gasteiger partial charge in [0.2, 0.25) is 5.91 Å². The van der Waals surface area contributed by atoms with Gasteiger partial charge in [0.05, 0.1) is 35.6 Å². The van der Waals surface area contributed by atoms with Gasteiger partial charge in [0.1, 0.15) is 26.5 Å². The molecule has 1 atom stereocenters. The van der Waals surface area contributed by atoms with Crippen LogP contribution in [0.3, 0.4) is 0 Å². The highest BCUT2D eigenvalue weighted by Crippen LogP contribution is 2.45. The predicted molar refractivity (Wildman–Crippen MR) is 203 cm³/mol. The van der Waals surface area contributed by atoms with Crippen molar-refractivity contribution in [1.82, 2.24) is 20.2 Å². The first-order chi connectivity index (χ1) is 26.8. The number of alkyl carbamates (subject to hydrolysis) is 1. The molecule has 2 aliphatic heterocycles. The number of carbonyl (C=O) groups excluding carboxylic acids is 3. The second kappa shape index (κ2) is 13.8. The third-order valence-electron chi connectivity index (χ3n) is 10.8. The molecule has 2 aromatic heterocycles. The van der Waals surface area contributed by atoms with Crippen LogP contribution in [0.5, 0.6) is 0 Å². The van der Waals surface area contributed by atoms with Gasteiger partial charge < -0.3 is 34.5 Å². The van der Waals surface area contributed by atoms with Crippen molar-refractivity contribution < 1.29 is 33.7 Å². The first-order valence-electron chi connectivity index (χ1n) is 18.2. The number of esters is 1. The molecule has 55 heavy (non-hydrogen) atoms. The van der Waals surface area contributed by atoms with E-state index >= 15 is 0 Å². The van der Waals surface area contributed by atoms with Crippen molar-refractivity contribution in [3.63, 3.8) is 0 Å². The highest BCUT2D eigenvalue weighted by atomic mass is 16.6. The van der Waals surface area contributed by atoms with Crippen LogP contribution in [0.15, 0.2) is 89.7 Å². The van der Waals surface area contributed by atoms with E-state index < -0.39 is 24.1 Å². The Morgan fingerprint density at radius 2 is 1.67 bits per heavy atom. The van der Waals surface area contributed by atoms with Gasteiger partial charge in [0, 0.05) is 22.4 Å². The normalized spacial score (nSPS) is 15.2. The molecule has 0 saturated heterocycles. The van der Waals surface area contributed by atoms with Crippen LogP contribution in [0, 0.1) is 0 Å². The van der Waals surface area contributed by atoms with Gasteiger partial charge in [0.25, 0.3) is 5.56 Å². The van der Waals surface area contributed by atoms with Crippen LogP contribution in [-0.4, -0.2) is 52.5 Å². The molecule has 0 radical (unpaired) electrons. The largest absolute Gasteiger partial charge is 0.458 e. The molecule has 3 N–H and O–H groups in total. The summed E-state index contributed by atoms with van der Waals surface area (Å²) in [6.45, 7) is 2.28. The number of aliphatic hydroxyl groups is 1. The lowest BCUT2D eigenvalue weighted by molar-refractivity contribution is -0.157. The summed E-state index contributed by atoms with van der Waals surface area (Å²) < 4.78 is 18.0. The molecule has 4 aromatic carbocycles. The number of nitrogens with zero attached hydrogens (tertiary/aromatic N) is 2. The van der Waals surface area contributed by atoms with Gasteiger partial charge in [-0.3, -0.25) is 9.59 Å². The van der Waals surface area contributed by atoms with Gasteiger partial charge in [-0.25, -0.2) is 14.6 Å². The van der Waals surface area contributed by atoms with Crippen molar-refractivity contribution >= 4 is 39.6 Å². The van der Waals surface area contributed by atoms with E-state index in [0.717, 1.165) is 60.6 Å². The van der Waals surface area contributed by atoms with Crippen LogP contribution in [0.2, 0.25) is 0 Å². The molecular formula is C43H36N4O8. The molecule has 3 aliphatic rings. The second-order valence-corrected chi connectivity index (χ2v) is 13.9. The molecule has 0 spiro atoms. The van der Waals surface area contributed by atoms with Crippen LogP contribution in [-0.2, 0) is 50.0 Å². The molecule has 276 valence electrons. The van der Waals surface area contributed by atoms with Gasteiger partial charge >= 0.3 is 12.1 Å². The Morgan fingerprint density at radius 1 is 0.927 bits per heavy atom. The summed E-state index contributed by atoms with van der Waals surface area (Å²) in [5.74, 6) is -1.26. The lowest BCUT2D eigenvalue weighted by atomic mass is 9.93. The molecule has 1 aliphatic carbocycles. The lowest BCUT2D eigenvalue weighted by Crippen LogP contribution is -2.38. The molecule has 12 heteroatoms. The van der Waals surface area contributed by atoms with Crippen molar-refractivity contribution in [2.24, 2.45) is 0 Å². The van der Waals surface area contributed by atoms with Crippen LogP contribution in [0.25, 0.3) is 44.2 Å². The number of aryl methyl sites for hydroxylation is 1. The number of fused-ring (bicyclic) bond motifs is 10. The van der Waals surface area contributed by atoms with Crippen molar-refractivity contribution in [3.05, 3.63) is 134 Å². The van der Waals surface area contributed by atoms with Gasteiger partial charge in [-0.05, 0) is 68.8 Å². The molecule has 9 rings (SSSR count). The number of hydrogen-bond acceptors (Lipinski definition) is 9. The van der Waals surface area contributed by atoms with Gasteiger partial charge in [-0.1, -0.05) is 73.7 Å². The molecule has 12 nitrogen and oxygen atoms in total. The summed E-state index contributed by atoms with van der Waals surface area (Å²) in [5, 5.41) is 18.7. The number of aromatic nitrogens is 2. The molecule has 1 unspecified atom stereocenters. The summed E-state index contributed by atoms with van der Waals surface area (Å²) in [4.78, 5) is 55.6. The average molecular weight is 737 g/mol. The van der Waals surface area contributed by atoms with E-state index in [9.17, 15) is 24.3 Å². The number of benzene rings is 4. The zero-order chi connectivity index (χ0) is 37.8. The minimum atomic E-state index is -1.51. The third-order valence-corrected chi connectivity index (χ3v) is 10.8. The zero-order valence-electron chi connectivity index (χ0n) is 29.9. The number of aliphatic hydroxyl groups excluding tert-OH is 1. The van der Waals surface area contributed by atoms with E-state index in [2.05, 4.69) is 35.8 Å². The molecule has 0 saturated carbocycles. The Morgan fingerprint density at radius 3 is 2.44 bits per heavy atom. The van der Waals surface area contributed by atoms with Crippen molar-refractivity contribution in [1.29, 1.82) is 0 Å². The van der Waals surface area contributed by atoms with Gasteiger partial charge in [-0.2, -0.15) is 0 Å². The Balaban J connectivity index is 0.840. The third kappa shape index (κ3) is 5.90. The maximum Gasteiger partial charge on any atom is 0.407 e. The first-order valence-corrected chi connectivity index (χ1v) is 18.2. The van der Waals surface area contributed by atoms with Gasteiger partial charge in [0.15, 0.2) is 6.10 Å².